The van der Waals surface area contributed by atoms with Crippen molar-refractivity contribution in [1.82, 2.24) is 19.9 Å². The second-order valence-electron chi connectivity index (χ2n) is 7.45. The third kappa shape index (κ3) is 5.05. The van der Waals surface area contributed by atoms with E-state index in [4.69, 9.17) is 4.52 Å². The summed E-state index contributed by atoms with van der Waals surface area (Å²) in [4.78, 5) is 44.0. The van der Waals surface area contributed by atoms with Gasteiger partial charge in [-0.05, 0) is 24.1 Å². The van der Waals surface area contributed by atoms with Gasteiger partial charge < -0.3 is 9.42 Å². The van der Waals surface area contributed by atoms with Crippen LogP contribution in [0.2, 0.25) is 0 Å². The van der Waals surface area contributed by atoms with E-state index < -0.39 is 17.6 Å². The van der Waals surface area contributed by atoms with Gasteiger partial charge in [0.1, 0.15) is 18.9 Å². The van der Waals surface area contributed by atoms with Gasteiger partial charge in [0.25, 0.3) is 0 Å². The van der Waals surface area contributed by atoms with Crippen molar-refractivity contribution in [3.63, 3.8) is 0 Å². The number of nitrogens with zero attached hydrogens (tertiary/aromatic N) is 4. The molecule has 9 heteroatoms. The lowest BCUT2D eigenvalue weighted by atomic mass is 10.1. The smallest absolute Gasteiger partial charge is 0.248 e. The van der Waals surface area contributed by atoms with Crippen LogP contribution in [0.25, 0.3) is 11.4 Å². The Morgan fingerprint density at radius 1 is 1.00 bits per heavy atom. The highest BCUT2D eigenvalue weighted by molar-refractivity contribution is 6.02. The Labute approximate surface area is 183 Å². The molecule has 164 valence electrons. The quantitative estimate of drug-likeness (QED) is 0.527. The summed E-state index contributed by atoms with van der Waals surface area (Å²) in [5.74, 6) is -1.10. The summed E-state index contributed by atoms with van der Waals surface area (Å²) < 4.78 is 18.5. The molecule has 1 fully saturated rings. The molecule has 0 N–H and O–H groups in total. The number of carbonyl (C=O) groups excluding carboxylic acids is 3. The van der Waals surface area contributed by atoms with Crippen molar-refractivity contribution in [1.29, 1.82) is 0 Å². The summed E-state index contributed by atoms with van der Waals surface area (Å²) in [5.41, 5.74) is 1.50. The number of aryl methyl sites for hydroxylation is 1. The minimum absolute atomic E-state index is 0.00929. The Balaban J connectivity index is 1.29. The van der Waals surface area contributed by atoms with E-state index in [0.717, 1.165) is 5.56 Å². The molecule has 0 bridgehead atoms. The number of benzene rings is 2. The van der Waals surface area contributed by atoms with E-state index in [0.29, 0.717) is 12.0 Å². The topological polar surface area (TPSA) is 96.6 Å². The Bertz CT molecular complexity index is 1110. The van der Waals surface area contributed by atoms with E-state index in [1.165, 1.54) is 28.0 Å². The van der Waals surface area contributed by atoms with Crippen LogP contribution < -0.4 is 0 Å². The predicted octanol–water partition coefficient (Wildman–Crippen LogP) is 2.25. The third-order valence-corrected chi connectivity index (χ3v) is 5.18. The van der Waals surface area contributed by atoms with Crippen LogP contribution in [0.5, 0.6) is 0 Å². The molecule has 2 aromatic carbocycles. The molecule has 1 saturated heterocycles. The van der Waals surface area contributed by atoms with Gasteiger partial charge >= 0.3 is 0 Å². The van der Waals surface area contributed by atoms with Gasteiger partial charge in [0, 0.05) is 24.9 Å². The lowest BCUT2D eigenvalue weighted by Crippen LogP contribution is -2.56. The van der Waals surface area contributed by atoms with Gasteiger partial charge in [0.15, 0.2) is 0 Å². The molecule has 1 aromatic heterocycles. The number of hydrogen-bond acceptors (Lipinski definition) is 6. The molecule has 0 aliphatic carbocycles. The van der Waals surface area contributed by atoms with E-state index in [2.05, 4.69) is 10.1 Å². The van der Waals surface area contributed by atoms with Gasteiger partial charge in [-0.3, -0.25) is 19.3 Å². The molecule has 1 aliphatic heterocycles. The number of halogens is 1. The molecule has 2 heterocycles. The first kappa shape index (κ1) is 21.4. The number of amides is 3. The van der Waals surface area contributed by atoms with Crippen LogP contribution in [-0.4, -0.2) is 57.3 Å². The van der Waals surface area contributed by atoms with Crippen LogP contribution in [0.3, 0.4) is 0 Å². The number of aromatic nitrogens is 2. The van der Waals surface area contributed by atoms with Crippen molar-refractivity contribution in [2.75, 3.05) is 19.6 Å². The number of imide groups is 1. The summed E-state index contributed by atoms with van der Waals surface area (Å²) in [7, 11) is 0. The van der Waals surface area contributed by atoms with Crippen molar-refractivity contribution in [3.8, 4) is 11.4 Å². The second-order valence-corrected chi connectivity index (χ2v) is 7.45. The average Bonchev–Trinajstić information content (AvgIpc) is 3.27. The Morgan fingerprint density at radius 2 is 1.75 bits per heavy atom. The molecular weight excluding hydrogens is 415 g/mol. The maximum atomic E-state index is 13.4. The summed E-state index contributed by atoms with van der Waals surface area (Å²) in [6, 6.07) is 15.4. The van der Waals surface area contributed by atoms with E-state index >= 15 is 0 Å². The fourth-order valence-corrected chi connectivity index (χ4v) is 3.48. The van der Waals surface area contributed by atoms with Gasteiger partial charge in [-0.15, -0.1) is 0 Å². The predicted molar refractivity (Wildman–Crippen MR) is 111 cm³/mol. The fourth-order valence-electron chi connectivity index (χ4n) is 3.48. The standard InChI is InChI=1S/C23H21FN4O4/c24-18-8-4-7-17(13-18)23-25-19(32-26-23)9-10-20(29)27-14-21(30)28(22(31)15-27)12-11-16-5-2-1-3-6-16/h1-8,13H,9-12,14-15H2. The fraction of sp³-hybridized carbons (Fsp3) is 0.261. The van der Waals surface area contributed by atoms with Crippen molar-refractivity contribution in [2.45, 2.75) is 19.3 Å². The van der Waals surface area contributed by atoms with E-state index in [9.17, 15) is 18.8 Å². The Kier molecular flexibility index (Phi) is 6.34. The minimum atomic E-state index is -0.415. The summed E-state index contributed by atoms with van der Waals surface area (Å²) in [6.45, 7) is 0.00400. The molecule has 0 spiro atoms. The highest BCUT2D eigenvalue weighted by atomic mass is 19.1. The Hall–Kier alpha value is -3.88. The molecule has 3 amide bonds. The van der Waals surface area contributed by atoms with Crippen LogP contribution in [0.4, 0.5) is 4.39 Å². The van der Waals surface area contributed by atoms with Crippen LogP contribution >= 0.6 is 0 Å². The second kappa shape index (κ2) is 9.51. The lowest BCUT2D eigenvalue weighted by molar-refractivity contribution is -0.156. The third-order valence-electron chi connectivity index (χ3n) is 5.18. The molecule has 0 saturated carbocycles. The SMILES string of the molecule is O=C(CCc1nc(-c2cccc(F)c2)no1)N1CC(=O)N(CCc2ccccc2)C(=O)C1. The van der Waals surface area contributed by atoms with Crippen LogP contribution in [-0.2, 0) is 27.2 Å². The average molecular weight is 436 g/mol. The first-order chi connectivity index (χ1) is 15.5. The number of hydrogen-bond donors (Lipinski definition) is 0. The van der Waals surface area contributed by atoms with Gasteiger partial charge in [0.2, 0.25) is 29.4 Å². The lowest BCUT2D eigenvalue weighted by Gasteiger charge is -2.32. The summed E-state index contributed by atoms with van der Waals surface area (Å²) in [5, 5.41) is 3.80. The van der Waals surface area contributed by atoms with Crippen LogP contribution in [0.15, 0.2) is 59.1 Å². The van der Waals surface area contributed by atoms with E-state index in [-0.39, 0.29) is 50.1 Å². The largest absolute Gasteiger partial charge is 0.339 e. The molecule has 3 aromatic rings. The normalized spacial score (nSPS) is 14.2. The molecule has 4 rings (SSSR count). The van der Waals surface area contributed by atoms with Gasteiger partial charge in [-0.1, -0.05) is 47.6 Å². The molecule has 0 radical (unpaired) electrons. The molecule has 8 nitrogen and oxygen atoms in total. The van der Waals surface area contributed by atoms with Crippen molar-refractivity contribution >= 4 is 17.7 Å². The molecule has 0 atom stereocenters. The number of carbonyl (C=O) groups is 3. The first-order valence-electron chi connectivity index (χ1n) is 10.2. The zero-order valence-electron chi connectivity index (χ0n) is 17.2. The number of piperazine rings is 1. The van der Waals surface area contributed by atoms with E-state index in [1.54, 1.807) is 6.07 Å². The maximum absolute atomic E-state index is 13.4. The molecular formula is C23H21FN4O4. The highest BCUT2D eigenvalue weighted by Gasteiger charge is 2.33. The van der Waals surface area contributed by atoms with Crippen LogP contribution in [0.1, 0.15) is 17.9 Å². The zero-order chi connectivity index (χ0) is 22.5. The van der Waals surface area contributed by atoms with E-state index in [1.807, 2.05) is 30.3 Å². The van der Waals surface area contributed by atoms with Gasteiger partial charge in [-0.25, -0.2) is 4.39 Å². The summed E-state index contributed by atoms with van der Waals surface area (Å²) in [6.07, 6.45) is 0.726. The van der Waals surface area contributed by atoms with Crippen molar-refractivity contribution in [3.05, 3.63) is 71.9 Å². The van der Waals surface area contributed by atoms with Crippen LogP contribution in [0, 0.1) is 5.82 Å². The highest BCUT2D eigenvalue weighted by Crippen LogP contribution is 2.17. The van der Waals surface area contributed by atoms with Crippen molar-refractivity contribution in [2.24, 2.45) is 0 Å². The Morgan fingerprint density at radius 3 is 2.47 bits per heavy atom. The monoisotopic (exact) mass is 436 g/mol. The minimum Gasteiger partial charge on any atom is -0.339 e. The maximum Gasteiger partial charge on any atom is 0.248 e. The van der Waals surface area contributed by atoms with Gasteiger partial charge in [-0.2, -0.15) is 4.98 Å². The molecule has 32 heavy (non-hydrogen) atoms. The molecule has 0 unspecified atom stereocenters. The van der Waals surface area contributed by atoms with Crippen molar-refractivity contribution < 1.29 is 23.3 Å². The summed E-state index contributed by atoms with van der Waals surface area (Å²) >= 11 is 0. The van der Waals surface area contributed by atoms with Gasteiger partial charge in [0.05, 0.1) is 0 Å². The molecule has 1 aliphatic rings. The number of rotatable bonds is 7. The first-order valence-corrected chi connectivity index (χ1v) is 10.2. The zero-order valence-corrected chi connectivity index (χ0v) is 17.2.